The van der Waals surface area contributed by atoms with Gasteiger partial charge in [0.25, 0.3) is 0 Å². The number of ether oxygens (including phenoxy) is 2. The van der Waals surface area contributed by atoms with E-state index in [4.69, 9.17) is 9.47 Å². The molecular weight excluding hydrogens is 320 g/mol. The zero-order chi connectivity index (χ0) is 14.1. The SMILES string of the molecule is COc1ccc(-n2cnc3c(OC)cc(Br)cc32)cc1. The fourth-order valence-electron chi connectivity index (χ4n) is 2.16. The molecule has 2 aromatic carbocycles. The Morgan fingerprint density at radius 2 is 1.80 bits per heavy atom. The second kappa shape index (κ2) is 5.17. The van der Waals surface area contributed by atoms with Crippen molar-refractivity contribution in [3.05, 3.63) is 47.2 Å². The smallest absolute Gasteiger partial charge is 0.147 e. The maximum absolute atomic E-state index is 5.37. The van der Waals surface area contributed by atoms with Gasteiger partial charge in [-0.1, -0.05) is 15.9 Å². The Bertz CT molecular complexity index is 750. The molecule has 0 aliphatic rings. The molecule has 0 amide bonds. The van der Waals surface area contributed by atoms with E-state index in [1.807, 2.05) is 41.0 Å². The van der Waals surface area contributed by atoms with E-state index in [1.165, 1.54) is 0 Å². The van der Waals surface area contributed by atoms with Gasteiger partial charge in [-0.05, 0) is 36.4 Å². The van der Waals surface area contributed by atoms with Gasteiger partial charge in [-0.25, -0.2) is 4.98 Å². The topological polar surface area (TPSA) is 36.3 Å². The molecule has 4 nitrogen and oxygen atoms in total. The number of hydrogen-bond acceptors (Lipinski definition) is 3. The van der Waals surface area contributed by atoms with Crippen LogP contribution in [0.25, 0.3) is 16.7 Å². The van der Waals surface area contributed by atoms with Crippen LogP contribution in [0.4, 0.5) is 0 Å². The van der Waals surface area contributed by atoms with Crippen LogP contribution < -0.4 is 9.47 Å². The van der Waals surface area contributed by atoms with Gasteiger partial charge in [-0.15, -0.1) is 0 Å². The Morgan fingerprint density at radius 1 is 1.05 bits per heavy atom. The van der Waals surface area contributed by atoms with E-state index in [1.54, 1.807) is 20.5 Å². The zero-order valence-corrected chi connectivity index (χ0v) is 12.7. The van der Waals surface area contributed by atoms with Crippen LogP contribution in [-0.2, 0) is 0 Å². The van der Waals surface area contributed by atoms with Gasteiger partial charge < -0.3 is 9.47 Å². The maximum atomic E-state index is 5.37. The highest BCUT2D eigenvalue weighted by Gasteiger charge is 2.10. The molecule has 0 aliphatic carbocycles. The van der Waals surface area contributed by atoms with Crippen molar-refractivity contribution in [2.24, 2.45) is 0 Å². The number of aromatic nitrogens is 2. The van der Waals surface area contributed by atoms with Gasteiger partial charge in [0.1, 0.15) is 23.3 Å². The number of methoxy groups -OCH3 is 2. The van der Waals surface area contributed by atoms with Gasteiger partial charge >= 0.3 is 0 Å². The highest BCUT2D eigenvalue weighted by molar-refractivity contribution is 9.10. The predicted molar refractivity (Wildman–Crippen MR) is 81.9 cm³/mol. The molecule has 1 aromatic heterocycles. The fourth-order valence-corrected chi connectivity index (χ4v) is 2.58. The van der Waals surface area contributed by atoms with E-state index in [0.717, 1.165) is 32.7 Å². The average molecular weight is 333 g/mol. The molecule has 0 aliphatic heterocycles. The number of halogens is 1. The molecule has 3 rings (SSSR count). The molecule has 0 fully saturated rings. The quantitative estimate of drug-likeness (QED) is 0.731. The van der Waals surface area contributed by atoms with Crippen molar-refractivity contribution in [1.29, 1.82) is 0 Å². The van der Waals surface area contributed by atoms with Crippen LogP contribution in [0.15, 0.2) is 47.2 Å². The average Bonchev–Trinajstić information content (AvgIpc) is 2.90. The largest absolute Gasteiger partial charge is 0.497 e. The summed E-state index contributed by atoms with van der Waals surface area (Å²) in [6, 6.07) is 11.8. The van der Waals surface area contributed by atoms with Crippen LogP contribution in [0.2, 0.25) is 0 Å². The minimum Gasteiger partial charge on any atom is -0.497 e. The summed E-state index contributed by atoms with van der Waals surface area (Å²) in [5, 5.41) is 0. The standard InChI is InChI=1S/C15H13BrN2O2/c1-19-12-5-3-11(4-6-12)18-9-17-15-13(18)7-10(16)8-14(15)20-2/h3-9H,1-2H3. The third-order valence-corrected chi connectivity index (χ3v) is 3.61. The third kappa shape index (κ3) is 2.14. The van der Waals surface area contributed by atoms with Gasteiger partial charge in [0.2, 0.25) is 0 Å². The summed E-state index contributed by atoms with van der Waals surface area (Å²) < 4.78 is 13.5. The summed E-state index contributed by atoms with van der Waals surface area (Å²) >= 11 is 3.50. The Balaban J connectivity index is 2.18. The van der Waals surface area contributed by atoms with E-state index in [-0.39, 0.29) is 0 Å². The van der Waals surface area contributed by atoms with Crippen LogP contribution in [0.5, 0.6) is 11.5 Å². The molecular formula is C15H13BrN2O2. The lowest BCUT2D eigenvalue weighted by Gasteiger charge is -2.07. The van der Waals surface area contributed by atoms with Crippen LogP contribution in [-0.4, -0.2) is 23.8 Å². The van der Waals surface area contributed by atoms with Crippen molar-refractivity contribution < 1.29 is 9.47 Å². The molecule has 0 saturated carbocycles. The van der Waals surface area contributed by atoms with Crippen molar-refractivity contribution in [3.63, 3.8) is 0 Å². The Labute approximate surface area is 125 Å². The Morgan fingerprint density at radius 3 is 2.45 bits per heavy atom. The lowest BCUT2D eigenvalue weighted by atomic mass is 10.2. The number of imidazole rings is 1. The lowest BCUT2D eigenvalue weighted by molar-refractivity contribution is 0.415. The molecule has 0 spiro atoms. The van der Waals surface area contributed by atoms with Crippen molar-refractivity contribution >= 4 is 27.0 Å². The number of fused-ring (bicyclic) bond motifs is 1. The van der Waals surface area contributed by atoms with Gasteiger partial charge in [0, 0.05) is 10.2 Å². The minimum absolute atomic E-state index is 0.752. The van der Waals surface area contributed by atoms with Crippen molar-refractivity contribution in [2.45, 2.75) is 0 Å². The highest BCUT2D eigenvalue weighted by Crippen LogP contribution is 2.30. The summed E-state index contributed by atoms with van der Waals surface area (Å²) in [6.07, 6.45) is 1.79. The summed E-state index contributed by atoms with van der Waals surface area (Å²) in [7, 11) is 3.30. The first-order valence-electron chi connectivity index (χ1n) is 6.08. The van der Waals surface area contributed by atoms with Gasteiger partial charge in [0.05, 0.1) is 19.7 Å². The third-order valence-electron chi connectivity index (χ3n) is 3.15. The van der Waals surface area contributed by atoms with E-state index >= 15 is 0 Å². The number of hydrogen-bond donors (Lipinski definition) is 0. The van der Waals surface area contributed by atoms with E-state index in [0.29, 0.717) is 0 Å². The lowest BCUT2D eigenvalue weighted by Crippen LogP contribution is -1.93. The zero-order valence-electron chi connectivity index (χ0n) is 11.1. The van der Waals surface area contributed by atoms with E-state index in [2.05, 4.69) is 20.9 Å². The fraction of sp³-hybridized carbons (Fsp3) is 0.133. The molecule has 20 heavy (non-hydrogen) atoms. The Kier molecular flexibility index (Phi) is 3.36. The van der Waals surface area contributed by atoms with Crippen molar-refractivity contribution in [1.82, 2.24) is 9.55 Å². The van der Waals surface area contributed by atoms with Crippen LogP contribution in [0.3, 0.4) is 0 Å². The van der Waals surface area contributed by atoms with Crippen molar-refractivity contribution in [3.8, 4) is 17.2 Å². The van der Waals surface area contributed by atoms with Crippen molar-refractivity contribution in [2.75, 3.05) is 14.2 Å². The first-order chi connectivity index (χ1) is 9.72. The number of rotatable bonds is 3. The van der Waals surface area contributed by atoms with Crippen LogP contribution in [0.1, 0.15) is 0 Å². The molecule has 5 heteroatoms. The van der Waals surface area contributed by atoms with Gasteiger partial charge in [0.15, 0.2) is 0 Å². The summed E-state index contributed by atoms with van der Waals surface area (Å²) in [6.45, 7) is 0. The number of benzene rings is 2. The first kappa shape index (κ1) is 13.0. The second-order valence-corrected chi connectivity index (χ2v) is 5.20. The summed E-state index contributed by atoms with van der Waals surface area (Å²) in [5.74, 6) is 1.58. The summed E-state index contributed by atoms with van der Waals surface area (Å²) in [5.41, 5.74) is 2.85. The predicted octanol–water partition coefficient (Wildman–Crippen LogP) is 3.81. The van der Waals surface area contributed by atoms with Crippen LogP contribution in [0, 0.1) is 0 Å². The summed E-state index contributed by atoms with van der Waals surface area (Å²) in [4.78, 5) is 4.44. The molecule has 0 bridgehead atoms. The monoisotopic (exact) mass is 332 g/mol. The second-order valence-electron chi connectivity index (χ2n) is 4.29. The molecule has 0 atom stereocenters. The minimum atomic E-state index is 0.752. The van der Waals surface area contributed by atoms with E-state index < -0.39 is 0 Å². The normalized spacial score (nSPS) is 10.8. The molecule has 3 aromatic rings. The molecule has 102 valence electrons. The highest BCUT2D eigenvalue weighted by atomic mass is 79.9. The molecule has 0 unspecified atom stereocenters. The van der Waals surface area contributed by atoms with Gasteiger partial charge in [-0.3, -0.25) is 4.57 Å². The molecule has 0 N–H and O–H groups in total. The first-order valence-corrected chi connectivity index (χ1v) is 6.87. The maximum Gasteiger partial charge on any atom is 0.147 e. The van der Waals surface area contributed by atoms with E-state index in [9.17, 15) is 0 Å². The molecule has 1 heterocycles. The molecule has 0 radical (unpaired) electrons. The Hall–Kier alpha value is -2.01. The van der Waals surface area contributed by atoms with Crippen LogP contribution >= 0.6 is 15.9 Å². The van der Waals surface area contributed by atoms with Gasteiger partial charge in [-0.2, -0.15) is 0 Å². The number of nitrogens with zero attached hydrogens (tertiary/aromatic N) is 2. The molecule has 0 saturated heterocycles.